The van der Waals surface area contributed by atoms with Crippen LogP contribution in [0.25, 0.3) is 0 Å². The van der Waals surface area contributed by atoms with Gasteiger partial charge in [-0.3, -0.25) is 4.79 Å². The number of carbonyl (C=O) groups excluding carboxylic acids is 1. The SMILES string of the molecule is Cc1ccc2c(c1)NC(=O)CC1(CCC1)N2. The molecule has 1 amide bonds. The van der Waals surface area contributed by atoms with Crippen LogP contribution in [0.4, 0.5) is 11.4 Å². The zero-order valence-electron chi connectivity index (χ0n) is 9.47. The second-order valence-corrected chi connectivity index (χ2v) is 5.03. The number of amides is 1. The molecular formula is C13H16N2O. The van der Waals surface area contributed by atoms with Crippen LogP contribution in [0, 0.1) is 6.92 Å². The molecule has 2 aliphatic rings. The number of carbonyl (C=O) groups is 1. The molecular weight excluding hydrogens is 200 g/mol. The molecule has 1 aromatic rings. The second kappa shape index (κ2) is 3.24. The fourth-order valence-corrected chi connectivity index (χ4v) is 2.61. The van der Waals surface area contributed by atoms with Crippen molar-refractivity contribution in [3.05, 3.63) is 23.8 Å². The van der Waals surface area contributed by atoms with Crippen LogP contribution in [0.1, 0.15) is 31.2 Å². The Morgan fingerprint density at radius 2 is 2.06 bits per heavy atom. The maximum atomic E-state index is 11.8. The van der Waals surface area contributed by atoms with Crippen molar-refractivity contribution < 1.29 is 4.79 Å². The van der Waals surface area contributed by atoms with E-state index in [9.17, 15) is 4.79 Å². The minimum atomic E-state index is 0.0323. The van der Waals surface area contributed by atoms with Crippen LogP contribution in [-0.4, -0.2) is 11.4 Å². The van der Waals surface area contributed by atoms with Gasteiger partial charge in [0.25, 0.3) is 0 Å². The Balaban J connectivity index is 2.01. The molecule has 3 rings (SSSR count). The minimum Gasteiger partial charge on any atom is -0.377 e. The Labute approximate surface area is 95.2 Å². The van der Waals surface area contributed by atoms with Gasteiger partial charge < -0.3 is 10.6 Å². The number of nitrogens with one attached hydrogen (secondary N) is 2. The first-order valence-corrected chi connectivity index (χ1v) is 5.86. The van der Waals surface area contributed by atoms with E-state index in [2.05, 4.69) is 22.8 Å². The first-order valence-electron chi connectivity index (χ1n) is 5.86. The van der Waals surface area contributed by atoms with Crippen LogP contribution in [-0.2, 0) is 4.79 Å². The van der Waals surface area contributed by atoms with Gasteiger partial charge in [0.05, 0.1) is 11.4 Å². The summed E-state index contributed by atoms with van der Waals surface area (Å²) in [5.74, 6) is 0.136. The Morgan fingerprint density at radius 1 is 1.25 bits per heavy atom. The van der Waals surface area contributed by atoms with Crippen molar-refractivity contribution in [2.24, 2.45) is 0 Å². The Morgan fingerprint density at radius 3 is 2.75 bits per heavy atom. The van der Waals surface area contributed by atoms with Crippen LogP contribution in [0.5, 0.6) is 0 Å². The van der Waals surface area contributed by atoms with Gasteiger partial charge in [0, 0.05) is 12.0 Å². The van der Waals surface area contributed by atoms with Crippen molar-refractivity contribution in [2.75, 3.05) is 10.6 Å². The van der Waals surface area contributed by atoms with Crippen LogP contribution in [0.2, 0.25) is 0 Å². The average molecular weight is 216 g/mol. The minimum absolute atomic E-state index is 0.0323. The normalized spacial score (nSPS) is 21.4. The second-order valence-electron chi connectivity index (χ2n) is 5.03. The van der Waals surface area contributed by atoms with Gasteiger partial charge in [-0.15, -0.1) is 0 Å². The molecule has 2 N–H and O–H groups in total. The van der Waals surface area contributed by atoms with Gasteiger partial charge >= 0.3 is 0 Å². The number of aryl methyl sites for hydroxylation is 1. The third-order valence-electron chi connectivity index (χ3n) is 3.66. The lowest BCUT2D eigenvalue weighted by Crippen LogP contribution is -2.46. The molecule has 0 atom stereocenters. The lowest BCUT2D eigenvalue weighted by molar-refractivity contribution is -0.117. The summed E-state index contributed by atoms with van der Waals surface area (Å²) < 4.78 is 0. The summed E-state index contributed by atoms with van der Waals surface area (Å²) in [4.78, 5) is 11.8. The molecule has 1 aromatic carbocycles. The highest BCUT2D eigenvalue weighted by Crippen LogP contribution is 2.42. The summed E-state index contributed by atoms with van der Waals surface area (Å²) in [7, 11) is 0. The number of hydrogen-bond acceptors (Lipinski definition) is 2. The number of hydrogen-bond donors (Lipinski definition) is 2. The van der Waals surface area contributed by atoms with Gasteiger partial charge in [-0.1, -0.05) is 6.07 Å². The predicted molar refractivity (Wildman–Crippen MR) is 64.6 cm³/mol. The molecule has 0 saturated heterocycles. The van der Waals surface area contributed by atoms with E-state index in [1.807, 2.05) is 13.0 Å². The molecule has 1 fully saturated rings. The van der Waals surface area contributed by atoms with Crippen molar-refractivity contribution in [2.45, 2.75) is 38.1 Å². The summed E-state index contributed by atoms with van der Waals surface area (Å²) in [6.45, 7) is 2.04. The van der Waals surface area contributed by atoms with Gasteiger partial charge in [-0.2, -0.15) is 0 Å². The molecule has 3 heteroatoms. The molecule has 1 aliphatic heterocycles. The fraction of sp³-hybridized carbons (Fsp3) is 0.462. The van der Waals surface area contributed by atoms with Crippen molar-refractivity contribution in [3.63, 3.8) is 0 Å². The third-order valence-corrected chi connectivity index (χ3v) is 3.66. The standard InChI is InChI=1S/C13H16N2O/c1-9-3-4-10-11(7-9)14-12(16)8-13(15-10)5-2-6-13/h3-4,7,15H,2,5-6,8H2,1H3,(H,14,16). The van der Waals surface area contributed by atoms with E-state index in [-0.39, 0.29) is 11.4 Å². The zero-order valence-corrected chi connectivity index (χ0v) is 9.47. The molecule has 0 aromatic heterocycles. The molecule has 16 heavy (non-hydrogen) atoms. The number of benzene rings is 1. The molecule has 0 radical (unpaired) electrons. The van der Waals surface area contributed by atoms with Crippen molar-refractivity contribution in [1.29, 1.82) is 0 Å². The number of rotatable bonds is 0. The monoisotopic (exact) mass is 216 g/mol. The lowest BCUT2D eigenvalue weighted by atomic mass is 9.74. The van der Waals surface area contributed by atoms with Crippen molar-refractivity contribution in [3.8, 4) is 0 Å². The first kappa shape index (κ1) is 9.70. The molecule has 1 spiro atoms. The molecule has 1 aliphatic carbocycles. The highest BCUT2D eigenvalue weighted by Gasteiger charge is 2.40. The van der Waals surface area contributed by atoms with E-state index >= 15 is 0 Å². The van der Waals surface area contributed by atoms with E-state index in [1.54, 1.807) is 0 Å². The van der Waals surface area contributed by atoms with Crippen LogP contribution in [0.3, 0.4) is 0 Å². The number of anilines is 2. The lowest BCUT2D eigenvalue weighted by Gasteiger charge is -2.41. The topological polar surface area (TPSA) is 41.1 Å². The van der Waals surface area contributed by atoms with Gasteiger partial charge in [0.1, 0.15) is 0 Å². The smallest absolute Gasteiger partial charge is 0.226 e. The van der Waals surface area contributed by atoms with E-state index in [1.165, 1.54) is 12.0 Å². The Hall–Kier alpha value is -1.51. The highest BCUT2D eigenvalue weighted by molar-refractivity contribution is 5.97. The maximum Gasteiger partial charge on any atom is 0.226 e. The van der Waals surface area contributed by atoms with Gasteiger partial charge in [-0.25, -0.2) is 0 Å². The summed E-state index contributed by atoms with van der Waals surface area (Å²) >= 11 is 0. The third kappa shape index (κ3) is 1.47. The van der Waals surface area contributed by atoms with Crippen molar-refractivity contribution in [1.82, 2.24) is 0 Å². The summed E-state index contributed by atoms with van der Waals surface area (Å²) in [6, 6.07) is 6.17. The molecule has 1 heterocycles. The maximum absolute atomic E-state index is 11.8. The number of fused-ring (bicyclic) bond motifs is 1. The molecule has 0 bridgehead atoms. The van der Waals surface area contributed by atoms with Gasteiger partial charge in [0.2, 0.25) is 5.91 Å². The Kier molecular flexibility index (Phi) is 1.96. The molecule has 84 valence electrons. The summed E-state index contributed by atoms with van der Waals surface area (Å²) in [5, 5.41) is 6.53. The van der Waals surface area contributed by atoms with E-state index in [0.29, 0.717) is 6.42 Å². The van der Waals surface area contributed by atoms with Crippen LogP contribution >= 0.6 is 0 Å². The van der Waals surface area contributed by atoms with Gasteiger partial charge in [-0.05, 0) is 43.9 Å². The van der Waals surface area contributed by atoms with Crippen LogP contribution in [0.15, 0.2) is 18.2 Å². The van der Waals surface area contributed by atoms with E-state index in [0.717, 1.165) is 24.2 Å². The average Bonchev–Trinajstić information content (AvgIpc) is 2.32. The zero-order chi connectivity index (χ0) is 11.2. The molecule has 0 unspecified atom stereocenters. The largest absolute Gasteiger partial charge is 0.377 e. The quantitative estimate of drug-likeness (QED) is 0.700. The molecule has 1 saturated carbocycles. The first-order chi connectivity index (χ1) is 7.67. The summed E-state index contributed by atoms with van der Waals surface area (Å²) in [5.41, 5.74) is 3.19. The van der Waals surface area contributed by atoms with Crippen LogP contribution < -0.4 is 10.6 Å². The van der Waals surface area contributed by atoms with Gasteiger partial charge in [0.15, 0.2) is 0 Å². The van der Waals surface area contributed by atoms with Crippen molar-refractivity contribution >= 4 is 17.3 Å². The molecule has 3 nitrogen and oxygen atoms in total. The predicted octanol–water partition coefficient (Wildman–Crippen LogP) is 2.67. The Bertz CT molecular complexity index is 449. The van der Waals surface area contributed by atoms with E-state index < -0.39 is 0 Å². The van der Waals surface area contributed by atoms with E-state index in [4.69, 9.17) is 0 Å². The summed E-state index contributed by atoms with van der Waals surface area (Å²) in [6.07, 6.45) is 4.03. The fourth-order valence-electron chi connectivity index (χ4n) is 2.61. The highest BCUT2D eigenvalue weighted by atomic mass is 16.1.